The Morgan fingerprint density at radius 2 is 2.25 bits per heavy atom. The van der Waals surface area contributed by atoms with Crippen molar-refractivity contribution in [3.8, 4) is 0 Å². The molecule has 0 saturated heterocycles. The maximum atomic E-state index is 11.3. The van der Waals surface area contributed by atoms with Crippen molar-refractivity contribution in [3.05, 3.63) is 23.2 Å². The fraction of sp³-hybridized carbons (Fsp3) is 0.364. The minimum Gasteiger partial charge on any atom is -0.397 e. The van der Waals surface area contributed by atoms with Crippen molar-refractivity contribution in [3.63, 3.8) is 0 Å². The molecule has 0 fully saturated rings. The normalized spacial score (nSPS) is 9.88. The second-order valence-corrected chi connectivity index (χ2v) is 3.81. The highest BCUT2D eigenvalue weighted by Crippen LogP contribution is 2.27. The first-order valence-corrected chi connectivity index (χ1v) is 5.57. The third kappa shape index (κ3) is 3.62. The van der Waals surface area contributed by atoms with Gasteiger partial charge in [0.05, 0.1) is 22.9 Å². The summed E-state index contributed by atoms with van der Waals surface area (Å²) in [5.41, 5.74) is 6.87. The lowest BCUT2D eigenvalue weighted by Gasteiger charge is -2.10. The lowest BCUT2D eigenvalue weighted by atomic mass is 10.2. The summed E-state index contributed by atoms with van der Waals surface area (Å²) in [6.07, 6.45) is 0.917. The molecule has 4 N–H and O–H groups in total. The summed E-state index contributed by atoms with van der Waals surface area (Å²) in [6, 6.07) is 5.22. The molecule has 5 heteroatoms. The molecule has 0 aromatic heterocycles. The first-order valence-electron chi connectivity index (χ1n) is 5.19. The molecule has 0 bridgehead atoms. The Kier molecular flexibility index (Phi) is 4.92. The van der Waals surface area contributed by atoms with Gasteiger partial charge in [-0.25, -0.2) is 0 Å². The summed E-state index contributed by atoms with van der Waals surface area (Å²) in [5, 5.41) is 6.19. The number of anilines is 2. The molecule has 0 radical (unpaired) electrons. The van der Waals surface area contributed by atoms with Crippen LogP contribution in [0.4, 0.5) is 11.4 Å². The number of carbonyl (C=O) groups is 1. The number of carbonyl (C=O) groups excluding carboxylic acids is 1. The van der Waals surface area contributed by atoms with Crippen LogP contribution in [0.2, 0.25) is 5.02 Å². The summed E-state index contributed by atoms with van der Waals surface area (Å²) in [7, 11) is 0. The van der Waals surface area contributed by atoms with Crippen molar-refractivity contribution in [2.45, 2.75) is 13.3 Å². The molecule has 16 heavy (non-hydrogen) atoms. The molecule has 0 spiro atoms. The highest BCUT2D eigenvalue weighted by atomic mass is 35.5. The van der Waals surface area contributed by atoms with Crippen LogP contribution in [0.25, 0.3) is 0 Å². The summed E-state index contributed by atoms with van der Waals surface area (Å²) >= 11 is 5.94. The van der Waals surface area contributed by atoms with Gasteiger partial charge in [-0.15, -0.1) is 0 Å². The van der Waals surface area contributed by atoms with Crippen LogP contribution in [-0.2, 0) is 4.79 Å². The van der Waals surface area contributed by atoms with Crippen LogP contribution in [0.5, 0.6) is 0 Å². The predicted molar refractivity (Wildman–Crippen MR) is 67.7 cm³/mol. The minimum absolute atomic E-state index is 0.0684. The van der Waals surface area contributed by atoms with Gasteiger partial charge in [-0.3, -0.25) is 4.79 Å². The molecule has 0 atom stereocenters. The van der Waals surface area contributed by atoms with E-state index in [1.165, 1.54) is 0 Å². The molecule has 0 saturated carbocycles. The van der Waals surface area contributed by atoms with Crippen LogP contribution in [0.15, 0.2) is 18.2 Å². The van der Waals surface area contributed by atoms with Gasteiger partial charge in [-0.1, -0.05) is 24.6 Å². The van der Waals surface area contributed by atoms with E-state index < -0.39 is 0 Å². The van der Waals surface area contributed by atoms with Crippen LogP contribution < -0.4 is 16.4 Å². The van der Waals surface area contributed by atoms with E-state index in [4.69, 9.17) is 17.3 Å². The molecule has 0 aliphatic heterocycles. The number of nitrogens with one attached hydrogen (secondary N) is 2. The smallest absolute Gasteiger partial charge is 0.239 e. The zero-order valence-corrected chi connectivity index (χ0v) is 9.97. The highest BCUT2D eigenvalue weighted by molar-refractivity contribution is 6.33. The van der Waals surface area contributed by atoms with Gasteiger partial charge < -0.3 is 16.4 Å². The van der Waals surface area contributed by atoms with Gasteiger partial charge in [-0.2, -0.15) is 0 Å². The Balaban J connectivity index is 2.51. The monoisotopic (exact) mass is 241 g/mol. The third-order valence-corrected chi connectivity index (χ3v) is 2.36. The second kappa shape index (κ2) is 6.23. The maximum Gasteiger partial charge on any atom is 0.239 e. The lowest BCUT2D eigenvalue weighted by molar-refractivity contribution is -0.119. The molecule has 88 valence electrons. The minimum atomic E-state index is -0.0684. The maximum absolute atomic E-state index is 11.3. The van der Waals surface area contributed by atoms with Crippen LogP contribution in [-0.4, -0.2) is 19.0 Å². The van der Waals surface area contributed by atoms with Gasteiger partial charge in [-0.05, 0) is 18.6 Å². The van der Waals surface area contributed by atoms with Gasteiger partial charge >= 0.3 is 0 Å². The van der Waals surface area contributed by atoms with E-state index in [0.717, 1.165) is 6.42 Å². The fourth-order valence-corrected chi connectivity index (χ4v) is 1.47. The molecular weight excluding hydrogens is 226 g/mol. The number of hydrogen-bond donors (Lipinski definition) is 3. The number of amides is 1. The van der Waals surface area contributed by atoms with E-state index in [0.29, 0.717) is 22.9 Å². The molecule has 1 aromatic rings. The molecule has 0 unspecified atom stereocenters. The van der Waals surface area contributed by atoms with Gasteiger partial charge in [0.1, 0.15) is 0 Å². The van der Waals surface area contributed by atoms with Crippen LogP contribution in [0, 0.1) is 0 Å². The Labute approximate surface area is 100 Å². The number of hydrogen-bond acceptors (Lipinski definition) is 3. The SMILES string of the molecule is CCCNC(=O)CNc1c(N)cccc1Cl. The first kappa shape index (κ1) is 12.6. The summed E-state index contributed by atoms with van der Waals surface area (Å²) in [6.45, 7) is 2.85. The van der Waals surface area contributed by atoms with Crippen molar-refractivity contribution >= 4 is 28.9 Å². The quantitative estimate of drug-likeness (QED) is 0.690. The lowest BCUT2D eigenvalue weighted by Crippen LogP contribution is -2.30. The largest absolute Gasteiger partial charge is 0.397 e. The standard InChI is InChI=1S/C11H16ClN3O/c1-2-6-14-10(16)7-15-11-8(12)4-3-5-9(11)13/h3-5,15H,2,6-7,13H2,1H3,(H,14,16). The van der Waals surface area contributed by atoms with E-state index in [2.05, 4.69) is 10.6 Å². The van der Waals surface area contributed by atoms with E-state index in [1.807, 2.05) is 6.92 Å². The average Bonchev–Trinajstić information content (AvgIpc) is 2.25. The average molecular weight is 242 g/mol. The van der Waals surface area contributed by atoms with Crippen LogP contribution in [0.1, 0.15) is 13.3 Å². The summed E-state index contributed by atoms with van der Waals surface area (Å²) in [5.74, 6) is -0.0684. The Morgan fingerprint density at radius 3 is 2.88 bits per heavy atom. The zero-order valence-electron chi connectivity index (χ0n) is 9.22. The number of para-hydroxylation sites is 1. The summed E-state index contributed by atoms with van der Waals surface area (Å²) < 4.78 is 0. The van der Waals surface area contributed by atoms with Crippen molar-refractivity contribution < 1.29 is 4.79 Å². The number of benzene rings is 1. The molecule has 0 heterocycles. The molecule has 1 rings (SSSR count). The predicted octanol–water partition coefficient (Wildman–Crippen LogP) is 1.86. The van der Waals surface area contributed by atoms with Gasteiger partial charge in [0, 0.05) is 6.54 Å². The topological polar surface area (TPSA) is 67.2 Å². The molecule has 0 aliphatic carbocycles. The molecular formula is C11H16ClN3O. The Bertz CT molecular complexity index is 348. The number of rotatable bonds is 5. The second-order valence-electron chi connectivity index (χ2n) is 3.41. The zero-order chi connectivity index (χ0) is 12.0. The van der Waals surface area contributed by atoms with Crippen molar-refractivity contribution in [1.29, 1.82) is 0 Å². The highest BCUT2D eigenvalue weighted by Gasteiger charge is 2.05. The number of nitrogen functional groups attached to an aromatic ring is 1. The number of nitrogens with two attached hydrogens (primary N) is 1. The molecule has 1 aromatic carbocycles. The number of halogens is 1. The summed E-state index contributed by atoms with van der Waals surface area (Å²) in [4.78, 5) is 11.3. The third-order valence-electron chi connectivity index (χ3n) is 2.04. The van der Waals surface area contributed by atoms with Crippen LogP contribution >= 0.6 is 11.6 Å². The Morgan fingerprint density at radius 1 is 1.50 bits per heavy atom. The van der Waals surface area contributed by atoms with E-state index in [-0.39, 0.29) is 12.5 Å². The van der Waals surface area contributed by atoms with Gasteiger partial charge in [0.15, 0.2) is 0 Å². The van der Waals surface area contributed by atoms with Crippen molar-refractivity contribution in [1.82, 2.24) is 5.32 Å². The van der Waals surface area contributed by atoms with E-state index in [1.54, 1.807) is 18.2 Å². The van der Waals surface area contributed by atoms with E-state index in [9.17, 15) is 4.79 Å². The fourth-order valence-electron chi connectivity index (χ4n) is 1.22. The Hall–Kier alpha value is -1.42. The molecule has 1 amide bonds. The van der Waals surface area contributed by atoms with Crippen LogP contribution in [0.3, 0.4) is 0 Å². The van der Waals surface area contributed by atoms with Crippen molar-refractivity contribution in [2.24, 2.45) is 0 Å². The van der Waals surface area contributed by atoms with Gasteiger partial charge in [0.2, 0.25) is 5.91 Å². The van der Waals surface area contributed by atoms with Crippen molar-refractivity contribution in [2.75, 3.05) is 24.1 Å². The molecule has 4 nitrogen and oxygen atoms in total. The van der Waals surface area contributed by atoms with Gasteiger partial charge in [0.25, 0.3) is 0 Å². The molecule has 0 aliphatic rings. The first-order chi connectivity index (χ1) is 7.65. The van der Waals surface area contributed by atoms with E-state index >= 15 is 0 Å².